The molecule has 0 saturated carbocycles. The number of methoxy groups -OCH3 is 1. The van der Waals surface area contributed by atoms with Crippen LogP contribution >= 0.6 is 11.6 Å². The largest absolute Gasteiger partial charge is 0.465 e. The highest BCUT2D eigenvalue weighted by atomic mass is 35.5. The third-order valence-corrected chi connectivity index (χ3v) is 1.81. The monoisotopic (exact) mass is 220 g/mol. The van der Waals surface area contributed by atoms with Crippen LogP contribution in [0.5, 0.6) is 0 Å². The molecule has 15 heavy (non-hydrogen) atoms. The standard InChI is InChI=1S/C12H9ClO2/c1-15-12(14)11-8-3-2-6-10(11)7-4-5-9-13/h2-3,5-6,8-9H,1H3/b9-5-. The maximum absolute atomic E-state index is 11.3. The molecule has 1 aromatic rings. The molecule has 2 nitrogen and oxygen atoms in total. The lowest BCUT2D eigenvalue weighted by atomic mass is 10.1. The van der Waals surface area contributed by atoms with Crippen molar-refractivity contribution in [3.05, 3.63) is 47.0 Å². The number of halogens is 1. The van der Waals surface area contributed by atoms with Crippen LogP contribution in [0.1, 0.15) is 15.9 Å². The predicted molar refractivity (Wildman–Crippen MR) is 59.7 cm³/mol. The molecule has 0 aliphatic carbocycles. The molecule has 0 radical (unpaired) electrons. The van der Waals surface area contributed by atoms with Crippen LogP contribution in [0.3, 0.4) is 0 Å². The average Bonchev–Trinajstić information content (AvgIpc) is 2.29. The molecule has 0 aliphatic rings. The fourth-order valence-corrected chi connectivity index (χ4v) is 1.09. The molecule has 3 heteroatoms. The van der Waals surface area contributed by atoms with Crippen LogP contribution in [0.15, 0.2) is 35.9 Å². The van der Waals surface area contributed by atoms with Gasteiger partial charge in [-0.15, -0.1) is 0 Å². The summed E-state index contributed by atoms with van der Waals surface area (Å²) in [5.74, 6) is 5.11. The summed E-state index contributed by atoms with van der Waals surface area (Å²) in [6.45, 7) is 0. The molecule has 76 valence electrons. The molecular weight excluding hydrogens is 212 g/mol. The number of hydrogen-bond acceptors (Lipinski definition) is 2. The first-order valence-corrected chi connectivity index (χ1v) is 4.67. The first-order chi connectivity index (χ1) is 7.29. The number of carbonyl (C=O) groups is 1. The van der Waals surface area contributed by atoms with E-state index in [1.54, 1.807) is 24.3 Å². The molecule has 0 unspecified atom stereocenters. The van der Waals surface area contributed by atoms with Gasteiger partial charge in [0.05, 0.1) is 12.7 Å². The first kappa shape index (κ1) is 11.4. The normalized spacial score (nSPS) is 9.47. The zero-order chi connectivity index (χ0) is 11.1. The number of ether oxygens (including phenoxy) is 1. The maximum atomic E-state index is 11.3. The van der Waals surface area contributed by atoms with Gasteiger partial charge < -0.3 is 4.74 Å². The molecule has 0 spiro atoms. The molecule has 0 saturated heterocycles. The van der Waals surface area contributed by atoms with E-state index in [1.807, 2.05) is 0 Å². The van der Waals surface area contributed by atoms with Gasteiger partial charge >= 0.3 is 5.97 Å². The van der Waals surface area contributed by atoms with E-state index >= 15 is 0 Å². The van der Waals surface area contributed by atoms with Crippen LogP contribution in [0.25, 0.3) is 0 Å². The summed E-state index contributed by atoms with van der Waals surface area (Å²) in [6.07, 6.45) is 1.50. The van der Waals surface area contributed by atoms with Crippen molar-refractivity contribution in [3.63, 3.8) is 0 Å². The number of benzene rings is 1. The second-order valence-electron chi connectivity index (χ2n) is 2.60. The Kier molecular flexibility index (Phi) is 4.46. The van der Waals surface area contributed by atoms with E-state index in [9.17, 15) is 4.79 Å². The summed E-state index contributed by atoms with van der Waals surface area (Å²) in [4.78, 5) is 11.3. The summed E-state index contributed by atoms with van der Waals surface area (Å²) < 4.78 is 4.63. The number of esters is 1. The van der Waals surface area contributed by atoms with Crippen molar-refractivity contribution in [1.82, 2.24) is 0 Å². The van der Waals surface area contributed by atoms with Crippen LogP contribution in [0, 0.1) is 11.8 Å². The van der Waals surface area contributed by atoms with Crippen LogP contribution in [-0.4, -0.2) is 13.1 Å². The highest BCUT2D eigenvalue weighted by Crippen LogP contribution is 2.08. The van der Waals surface area contributed by atoms with Gasteiger partial charge in [0.25, 0.3) is 0 Å². The van der Waals surface area contributed by atoms with Gasteiger partial charge in [-0.05, 0) is 18.2 Å². The van der Waals surface area contributed by atoms with Crippen LogP contribution in [0.4, 0.5) is 0 Å². The van der Waals surface area contributed by atoms with E-state index in [1.165, 1.54) is 18.7 Å². The fourth-order valence-electron chi connectivity index (χ4n) is 1.03. The molecule has 0 heterocycles. The SMILES string of the molecule is COC(=O)c1ccccc1C#C/C=C\Cl. The van der Waals surface area contributed by atoms with Crippen LogP contribution in [0.2, 0.25) is 0 Å². The summed E-state index contributed by atoms with van der Waals surface area (Å²) in [5.41, 5.74) is 2.39. The molecule has 0 atom stereocenters. The van der Waals surface area contributed by atoms with Gasteiger partial charge in [-0.25, -0.2) is 4.79 Å². The van der Waals surface area contributed by atoms with Crippen molar-refractivity contribution >= 4 is 17.6 Å². The predicted octanol–water partition coefficient (Wildman–Crippen LogP) is 2.58. The van der Waals surface area contributed by atoms with Gasteiger partial charge in [-0.1, -0.05) is 35.6 Å². The van der Waals surface area contributed by atoms with Gasteiger partial charge in [0.2, 0.25) is 0 Å². The Bertz CT molecular complexity index is 438. The highest BCUT2D eigenvalue weighted by molar-refractivity contribution is 6.25. The molecule has 0 aliphatic heterocycles. The van der Waals surface area contributed by atoms with Gasteiger partial charge in [-0.3, -0.25) is 0 Å². The lowest BCUT2D eigenvalue weighted by molar-refractivity contribution is 0.0600. The van der Waals surface area contributed by atoms with Crippen molar-refractivity contribution in [2.45, 2.75) is 0 Å². The number of allylic oxidation sites excluding steroid dienone is 1. The topological polar surface area (TPSA) is 26.3 Å². The fraction of sp³-hybridized carbons (Fsp3) is 0.0833. The van der Waals surface area contributed by atoms with Gasteiger partial charge in [-0.2, -0.15) is 0 Å². The van der Waals surface area contributed by atoms with Crippen molar-refractivity contribution < 1.29 is 9.53 Å². The Morgan fingerprint density at radius 1 is 1.47 bits per heavy atom. The summed E-state index contributed by atoms with van der Waals surface area (Å²) in [5, 5.41) is 0. The van der Waals surface area contributed by atoms with E-state index in [2.05, 4.69) is 16.6 Å². The van der Waals surface area contributed by atoms with E-state index in [0.717, 1.165) is 0 Å². The quantitative estimate of drug-likeness (QED) is 0.537. The third-order valence-electron chi connectivity index (χ3n) is 1.69. The van der Waals surface area contributed by atoms with Crippen molar-refractivity contribution in [1.29, 1.82) is 0 Å². The van der Waals surface area contributed by atoms with Crippen molar-refractivity contribution in [3.8, 4) is 11.8 Å². The summed E-state index contributed by atoms with van der Waals surface area (Å²) >= 11 is 5.32. The molecule has 1 aromatic carbocycles. The second kappa shape index (κ2) is 5.90. The Morgan fingerprint density at radius 3 is 2.87 bits per heavy atom. The molecule has 0 aromatic heterocycles. The maximum Gasteiger partial charge on any atom is 0.339 e. The van der Waals surface area contributed by atoms with Gasteiger partial charge in [0.1, 0.15) is 0 Å². The van der Waals surface area contributed by atoms with Crippen LogP contribution < -0.4 is 0 Å². The molecule has 0 amide bonds. The smallest absolute Gasteiger partial charge is 0.339 e. The Labute approximate surface area is 93.5 Å². The Balaban J connectivity index is 3.08. The number of hydrogen-bond donors (Lipinski definition) is 0. The van der Waals surface area contributed by atoms with Crippen molar-refractivity contribution in [2.75, 3.05) is 7.11 Å². The average molecular weight is 221 g/mol. The molecular formula is C12H9ClO2. The Morgan fingerprint density at radius 2 is 2.20 bits per heavy atom. The Hall–Kier alpha value is -1.72. The minimum Gasteiger partial charge on any atom is -0.465 e. The lowest BCUT2D eigenvalue weighted by Crippen LogP contribution is -2.03. The van der Waals surface area contributed by atoms with Crippen LogP contribution in [-0.2, 0) is 4.74 Å². The molecule has 0 bridgehead atoms. The summed E-state index contributed by atoms with van der Waals surface area (Å²) in [7, 11) is 1.34. The lowest BCUT2D eigenvalue weighted by Gasteiger charge is -2.00. The van der Waals surface area contributed by atoms with Crippen molar-refractivity contribution in [2.24, 2.45) is 0 Å². The van der Waals surface area contributed by atoms with E-state index < -0.39 is 5.97 Å². The molecule has 0 N–H and O–H groups in total. The van der Waals surface area contributed by atoms with Gasteiger partial charge in [0, 0.05) is 11.1 Å². The van der Waals surface area contributed by atoms with Gasteiger partial charge in [0.15, 0.2) is 0 Å². The second-order valence-corrected chi connectivity index (χ2v) is 2.85. The molecule has 1 rings (SSSR count). The van der Waals surface area contributed by atoms with E-state index in [4.69, 9.17) is 11.6 Å². The first-order valence-electron chi connectivity index (χ1n) is 4.23. The number of rotatable bonds is 1. The number of carbonyl (C=O) groups excluding carboxylic acids is 1. The summed E-state index contributed by atoms with van der Waals surface area (Å²) in [6, 6.07) is 6.98. The van der Waals surface area contributed by atoms with E-state index in [0.29, 0.717) is 11.1 Å². The minimum absolute atomic E-state index is 0.394. The highest BCUT2D eigenvalue weighted by Gasteiger charge is 2.08. The zero-order valence-electron chi connectivity index (χ0n) is 8.16. The minimum atomic E-state index is -0.394. The molecule has 0 fully saturated rings. The third kappa shape index (κ3) is 3.16. The zero-order valence-corrected chi connectivity index (χ0v) is 8.91. The van der Waals surface area contributed by atoms with E-state index in [-0.39, 0.29) is 0 Å².